The number of carbonyl (C=O) groups is 2. The normalized spacial score (nSPS) is 15.6. The topological polar surface area (TPSA) is 93.5 Å². The number of hydrogen-bond donors (Lipinski definition) is 1. The molecule has 42 heavy (non-hydrogen) atoms. The van der Waals surface area contributed by atoms with Crippen LogP contribution in [0.2, 0.25) is 0 Å². The number of rotatable bonds is 10. The van der Waals surface area contributed by atoms with Gasteiger partial charge in [0.05, 0.1) is 11.4 Å². The molecule has 9 heteroatoms. The first-order chi connectivity index (χ1) is 20.5. The maximum Gasteiger partial charge on any atom is 0.310 e. The van der Waals surface area contributed by atoms with Crippen LogP contribution in [0.3, 0.4) is 0 Å². The molecule has 0 unspecified atom stereocenters. The molecule has 222 valence electrons. The lowest BCUT2D eigenvalue weighted by Gasteiger charge is -2.23. The third kappa shape index (κ3) is 7.69. The van der Waals surface area contributed by atoms with Crippen LogP contribution in [0.15, 0.2) is 64.5 Å². The Hall–Kier alpha value is -3.43. The zero-order valence-corrected chi connectivity index (χ0v) is 25.2. The highest BCUT2D eigenvalue weighted by molar-refractivity contribution is 7.99. The molecule has 1 amide bonds. The van der Waals surface area contributed by atoms with E-state index in [1.807, 2.05) is 47.4 Å². The van der Waals surface area contributed by atoms with Crippen LogP contribution in [-0.4, -0.2) is 51.2 Å². The predicted molar refractivity (Wildman–Crippen MR) is 165 cm³/mol. The summed E-state index contributed by atoms with van der Waals surface area (Å²) in [5, 5.41) is 4.59. The lowest BCUT2D eigenvalue weighted by molar-refractivity contribution is -0.134. The van der Waals surface area contributed by atoms with E-state index in [2.05, 4.69) is 5.32 Å². The molecule has 1 N–H and O–H groups in total. The Morgan fingerprint density at radius 2 is 1.74 bits per heavy atom. The molecule has 5 rings (SSSR count). The largest absolute Gasteiger partial charge is 0.427 e. The number of para-hydroxylation sites is 1. The summed E-state index contributed by atoms with van der Waals surface area (Å²) in [6.07, 6.45) is 7.87. The number of thioether (sulfide) groups is 1. The summed E-state index contributed by atoms with van der Waals surface area (Å²) in [5.74, 6) is 0.359. The van der Waals surface area contributed by atoms with E-state index in [9.17, 15) is 14.4 Å². The quantitative estimate of drug-likeness (QED) is 0.153. The Morgan fingerprint density at radius 3 is 2.48 bits per heavy atom. The van der Waals surface area contributed by atoms with Crippen LogP contribution in [0.5, 0.6) is 5.75 Å². The van der Waals surface area contributed by atoms with Crippen LogP contribution in [0.25, 0.3) is 5.69 Å². The first kappa shape index (κ1) is 30.0. The number of hydrogen-bond acceptors (Lipinski definition) is 7. The highest BCUT2D eigenvalue weighted by atomic mass is 32.2. The number of esters is 1. The monoisotopic (exact) mass is 588 g/mol. The van der Waals surface area contributed by atoms with E-state index in [0.29, 0.717) is 62.9 Å². The second kappa shape index (κ2) is 14.6. The van der Waals surface area contributed by atoms with Gasteiger partial charge in [0, 0.05) is 56.3 Å². The van der Waals surface area contributed by atoms with Gasteiger partial charge in [-0.1, -0.05) is 68.3 Å². The van der Waals surface area contributed by atoms with Gasteiger partial charge in [-0.25, -0.2) is 4.98 Å². The van der Waals surface area contributed by atoms with Crippen LogP contribution < -0.4 is 15.6 Å². The Kier molecular flexibility index (Phi) is 10.5. The molecule has 1 aromatic heterocycles. The fourth-order valence-corrected chi connectivity index (χ4v) is 6.89. The van der Waals surface area contributed by atoms with E-state index in [4.69, 9.17) is 9.72 Å². The summed E-state index contributed by atoms with van der Waals surface area (Å²) in [4.78, 5) is 45.4. The van der Waals surface area contributed by atoms with Gasteiger partial charge in [0.1, 0.15) is 5.75 Å². The Balaban J connectivity index is 1.20. The molecule has 0 radical (unpaired) electrons. The van der Waals surface area contributed by atoms with Crippen LogP contribution in [0, 0.1) is 0 Å². The van der Waals surface area contributed by atoms with Crippen molar-refractivity contribution in [3.05, 3.63) is 81.8 Å². The summed E-state index contributed by atoms with van der Waals surface area (Å²) in [5.41, 5.74) is 3.46. The summed E-state index contributed by atoms with van der Waals surface area (Å²) in [6, 6.07) is 17.2. The van der Waals surface area contributed by atoms with Gasteiger partial charge in [-0.05, 0) is 49.1 Å². The number of carbonyl (C=O) groups excluding carboxylic acids is 2. The molecule has 0 spiro atoms. The number of amides is 1. The first-order valence-electron chi connectivity index (χ1n) is 15.2. The second-order valence-electron chi connectivity index (χ2n) is 11.0. The predicted octanol–water partition coefficient (Wildman–Crippen LogP) is 5.08. The maximum atomic E-state index is 13.9. The minimum Gasteiger partial charge on any atom is -0.427 e. The third-order valence-corrected chi connectivity index (χ3v) is 9.25. The molecular weight excluding hydrogens is 548 g/mol. The van der Waals surface area contributed by atoms with E-state index in [1.54, 1.807) is 35.4 Å². The SMILES string of the molecule is CCC(=O)Oc1ccc(CNCCC(=O)N2CCc3nc(SC4CCCCC4)n(-c4ccccc4)c(=O)c3CC2)cc1. The minimum atomic E-state index is -0.257. The molecular formula is C33H40N4O4S. The van der Waals surface area contributed by atoms with Crippen molar-refractivity contribution in [1.29, 1.82) is 0 Å². The number of benzene rings is 2. The van der Waals surface area contributed by atoms with Crippen LogP contribution in [0.1, 0.15) is 68.7 Å². The van der Waals surface area contributed by atoms with Gasteiger partial charge in [0.15, 0.2) is 5.16 Å². The molecule has 0 bridgehead atoms. The van der Waals surface area contributed by atoms with E-state index in [0.717, 1.165) is 40.5 Å². The van der Waals surface area contributed by atoms with Crippen molar-refractivity contribution in [2.75, 3.05) is 19.6 Å². The van der Waals surface area contributed by atoms with Gasteiger partial charge in [0.2, 0.25) is 5.91 Å². The molecule has 2 aliphatic rings. The number of fused-ring (bicyclic) bond motifs is 1. The molecule has 3 aromatic rings. The number of nitrogens with zero attached hydrogens (tertiary/aromatic N) is 3. The molecule has 0 saturated heterocycles. The second-order valence-corrected chi connectivity index (χ2v) is 12.2. The molecule has 0 atom stereocenters. The summed E-state index contributed by atoms with van der Waals surface area (Å²) >= 11 is 1.74. The van der Waals surface area contributed by atoms with E-state index in [-0.39, 0.29) is 17.4 Å². The van der Waals surface area contributed by atoms with Gasteiger partial charge in [0.25, 0.3) is 5.56 Å². The zero-order valence-electron chi connectivity index (χ0n) is 24.3. The van der Waals surface area contributed by atoms with Crippen molar-refractivity contribution in [3.63, 3.8) is 0 Å². The van der Waals surface area contributed by atoms with Gasteiger partial charge in [-0.3, -0.25) is 19.0 Å². The molecule has 1 aliphatic carbocycles. The summed E-state index contributed by atoms with van der Waals surface area (Å²) in [6.45, 7) is 4.02. The van der Waals surface area contributed by atoms with Crippen molar-refractivity contribution in [2.24, 2.45) is 0 Å². The molecule has 1 saturated carbocycles. The standard InChI is InChI=1S/C33H40N4O4S/c1-2-31(39)41-26-15-13-24(14-16-26)23-34-20-17-30(38)36-21-18-28-29(19-22-36)35-33(42-27-11-7-4-8-12-27)37(32(28)40)25-9-5-3-6-10-25/h3,5-6,9-10,13-16,27,34H,2,4,7-8,11-12,17-23H2,1H3. The zero-order chi connectivity index (χ0) is 29.3. The molecule has 2 aromatic carbocycles. The number of aromatic nitrogens is 2. The average Bonchev–Trinajstić information content (AvgIpc) is 3.24. The van der Waals surface area contributed by atoms with E-state index >= 15 is 0 Å². The van der Waals surface area contributed by atoms with Crippen LogP contribution in [-0.2, 0) is 29.0 Å². The van der Waals surface area contributed by atoms with Crippen molar-refractivity contribution in [2.45, 2.75) is 81.7 Å². The lowest BCUT2D eigenvalue weighted by atomic mass is 10.0. The van der Waals surface area contributed by atoms with Gasteiger partial charge in [-0.2, -0.15) is 0 Å². The number of ether oxygens (including phenoxy) is 1. The summed E-state index contributed by atoms with van der Waals surface area (Å²) in [7, 11) is 0. The van der Waals surface area contributed by atoms with Crippen molar-refractivity contribution in [1.82, 2.24) is 19.8 Å². The summed E-state index contributed by atoms with van der Waals surface area (Å²) < 4.78 is 7.01. The van der Waals surface area contributed by atoms with Gasteiger partial charge >= 0.3 is 5.97 Å². The highest BCUT2D eigenvalue weighted by Crippen LogP contribution is 2.33. The molecule has 8 nitrogen and oxygen atoms in total. The van der Waals surface area contributed by atoms with Crippen LogP contribution in [0.4, 0.5) is 0 Å². The highest BCUT2D eigenvalue weighted by Gasteiger charge is 2.26. The van der Waals surface area contributed by atoms with Crippen molar-refractivity contribution < 1.29 is 14.3 Å². The fraction of sp³-hybridized carbons (Fsp3) is 0.455. The maximum absolute atomic E-state index is 13.9. The fourth-order valence-electron chi connectivity index (χ4n) is 5.57. The lowest BCUT2D eigenvalue weighted by Crippen LogP contribution is -2.35. The van der Waals surface area contributed by atoms with Gasteiger partial charge in [-0.15, -0.1) is 0 Å². The molecule has 1 aliphatic heterocycles. The Morgan fingerprint density at radius 1 is 1.00 bits per heavy atom. The van der Waals surface area contributed by atoms with Gasteiger partial charge < -0.3 is 15.0 Å². The van der Waals surface area contributed by atoms with Crippen LogP contribution >= 0.6 is 11.8 Å². The van der Waals surface area contributed by atoms with Crippen molar-refractivity contribution >= 4 is 23.6 Å². The first-order valence-corrected chi connectivity index (χ1v) is 16.0. The van der Waals surface area contributed by atoms with E-state index in [1.165, 1.54) is 19.3 Å². The minimum absolute atomic E-state index is 0.00375. The Labute approximate surface area is 251 Å². The third-order valence-electron chi connectivity index (χ3n) is 7.96. The number of nitrogens with one attached hydrogen (secondary N) is 1. The van der Waals surface area contributed by atoms with E-state index < -0.39 is 0 Å². The molecule has 1 fully saturated rings. The Bertz CT molecular complexity index is 1420. The smallest absolute Gasteiger partial charge is 0.310 e. The average molecular weight is 589 g/mol. The van der Waals surface area contributed by atoms with Crippen molar-refractivity contribution in [3.8, 4) is 11.4 Å². The molecule has 2 heterocycles.